The van der Waals surface area contributed by atoms with Gasteiger partial charge in [-0.3, -0.25) is 4.99 Å². The number of benzene rings is 1. The molecule has 1 N–H and O–H groups in total. The van der Waals surface area contributed by atoms with Gasteiger partial charge in [0.05, 0.1) is 12.7 Å². The number of hydrogen-bond acceptors (Lipinski definition) is 8. The number of thiazole rings is 1. The molecule has 2 fully saturated rings. The van der Waals surface area contributed by atoms with Crippen LogP contribution >= 0.6 is 11.3 Å². The van der Waals surface area contributed by atoms with Crippen molar-refractivity contribution in [3.63, 3.8) is 0 Å². The van der Waals surface area contributed by atoms with Crippen molar-refractivity contribution in [2.45, 2.75) is 24.9 Å². The number of ether oxygens (including phenoxy) is 1. The molecule has 0 spiro atoms. The molecular weight excluding hydrogens is 507 g/mol. The van der Waals surface area contributed by atoms with Gasteiger partial charge in [0, 0.05) is 54.9 Å². The number of aliphatic imine (C=N–C) groups is 1. The lowest BCUT2D eigenvalue weighted by Gasteiger charge is -2.31. The van der Waals surface area contributed by atoms with Crippen LogP contribution in [0.3, 0.4) is 0 Å². The molecule has 14 heteroatoms. The zero-order valence-corrected chi connectivity index (χ0v) is 20.0. The molecule has 2 saturated heterocycles. The van der Waals surface area contributed by atoms with Crippen LogP contribution in [0.15, 0.2) is 40.0 Å². The number of hydrogen-bond donors (Lipinski definition) is 1. The Morgan fingerprint density at radius 2 is 2.00 bits per heavy atom. The Hall–Kier alpha value is -2.81. The van der Waals surface area contributed by atoms with E-state index in [1.54, 1.807) is 10.3 Å². The summed E-state index contributed by atoms with van der Waals surface area (Å²) >= 11 is 1.24. The minimum Gasteiger partial charge on any atom is -0.466 e. The van der Waals surface area contributed by atoms with E-state index in [0.29, 0.717) is 23.8 Å². The molecule has 0 bridgehead atoms. The van der Waals surface area contributed by atoms with Gasteiger partial charge in [-0.25, -0.2) is 22.9 Å². The molecule has 35 heavy (non-hydrogen) atoms. The first-order valence-electron chi connectivity index (χ1n) is 10.7. The Labute approximate surface area is 203 Å². The average Bonchev–Trinajstić information content (AvgIpc) is 3.44. The van der Waals surface area contributed by atoms with Crippen LogP contribution < -0.4 is 4.72 Å². The predicted octanol–water partition coefficient (Wildman–Crippen LogP) is 2.10. The monoisotopic (exact) mass is 527 g/mol. The lowest BCUT2D eigenvalue weighted by Crippen LogP contribution is -2.51. The van der Waals surface area contributed by atoms with Gasteiger partial charge < -0.3 is 9.64 Å². The topological polar surface area (TPSA) is 104 Å². The van der Waals surface area contributed by atoms with Crippen LogP contribution in [0, 0.1) is 17.5 Å². The zero-order valence-electron chi connectivity index (χ0n) is 18.4. The maximum absolute atomic E-state index is 14.9. The van der Waals surface area contributed by atoms with Crippen LogP contribution in [0.5, 0.6) is 0 Å². The first kappa shape index (κ1) is 23.9. The molecule has 3 aliphatic heterocycles. The molecule has 9 nitrogen and oxygen atoms in total. The van der Waals surface area contributed by atoms with Gasteiger partial charge in [-0.15, -0.1) is 11.3 Å². The first-order chi connectivity index (χ1) is 16.7. The standard InChI is InChI=1S/C21H20F3N5O4S2/c1-33-21(30)15-14-9-11(27-35(31,32)28-6-2-7-28)10-29(14)19(20-25-5-8-34-20)26-18(15)12-3-4-13(22)17(24)16(12)23/h3-5,8,11,18,27H,2,6-7,9-10H2,1H3/t11-,18-/m0/s1. The molecule has 0 aliphatic carbocycles. The number of amidine groups is 1. The maximum Gasteiger partial charge on any atom is 0.338 e. The fourth-order valence-electron chi connectivity index (χ4n) is 4.34. The van der Waals surface area contributed by atoms with E-state index in [9.17, 15) is 26.4 Å². The average molecular weight is 528 g/mol. The molecule has 1 aromatic carbocycles. The summed E-state index contributed by atoms with van der Waals surface area (Å²) < 4.78 is 76.9. The largest absolute Gasteiger partial charge is 0.466 e. The second-order valence-corrected chi connectivity index (χ2v) is 10.8. The van der Waals surface area contributed by atoms with E-state index in [4.69, 9.17) is 4.74 Å². The van der Waals surface area contributed by atoms with Gasteiger partial charge in [-0.1, -0.05) is 6.07 Å². The highest BCUT2D eigenvalue weighted by Gasteiger charge is 2.44. The Bertz CT molecular complexity index is 1340. The molecule has 186 valence electrons. The molecule has 0 saturated carbocycles. The summed E-state index contributed by atoms with van der Waals surface area (Å²) in [6.45, 7) is 0.977. The second-order valence-electron chi connectivity index (χ2n) is 8.20. The summed E-state index contributed by atoms with van der Waals surface area (Å²) in [5.74, 6) is -5.10. The van der Waals surface area contributed by atoms with Gasteiger partial charge >= 0.3 is 5.97 Å². The van der Waals surface area contributed by atoms with Crippen molar-refractivity contribution in [3.05, 3.63) is 63.0 Å². The van der Waals surface area contributed by atoms with E-state index in [2.05, 4.69) is 14.7 Å². The highest BCUT2D eigenvalue weighted by atomic mass is 32.2. The SMILES string of the molecule is COC(=O)C1=C2C[C@H](NS(=O)(=O)N3CCC3)CN2C(c2nccs2)=N[C@H]1c1ccc(F)c(F)c1F. The smallest absolute Gasteiger partial charge is 0.338 e. The Kier molecular flexibility index (Phi) is 6.15. The van der Waals surface area contributed by atoms with Crippen molar-refractivity contribution in [1.82, 2.24) is 18.9 Å². The normalized spacial score (nSPS) is 22.6. The Balaban J connectivity index is 1.62. The molecule has 0 unspecified atom stereocenters. The summed E-state index contributed by atoms with van der Waals surface area (Å²) in [5, 5.41) is 2.13. The number of esters is 1. The number of carbonyl (C=O) groups is 1. The van der Waals surface area contributed by atoms with Gasteiger partial charge in [0.25, 0.3) is 10.2 Å². The minimum atomic E-state index is -3.73. The lowest BCUT2D eigenvalue weighted by molar-refractivity contribution is -0.136. The van der Waals surface area contributed by atoms with Gasteiger partial charge in [0.15, 0.2) is 28.3 Å². The third kappa shape index (κ3) is 4.13. The van der Waals surface area contributed by atoms with Crippen LogP contribution in [0.1, 0.15) is 29.5 Å². The molecular formula is C21H20F3N5O4S2. The lowest BCUT2D eigenvalue weighted by atomic mass is 9.94. The summed E-state index contributed by atoms with van der Waals surface area (Å²) in [6.07, 6.45) is 2.39. The van der Waals surface area contributed by atoms with Crippen molar-refractivity contribution in [2.75, 3.05) is 26.7 Å². The number of rotatable bonds is 6. The van der Waals surface area contributed by atoms with Crippen LogP contribution in [0.4, 0.5) is 13.2 Å². The molecule has 0 amide bonds. The van der Waals surface area contributed by atoms with Crippen molar-refractivity contribution in [2.24, 2.45) is 4.99 Å². The number of halogens is 3. The minimum absolute atomic E-state index is 0.0731. The predicted molar refractivity (Wildman–Crippen MR) is 120 cm³/mol. The zero-order chi connectivity index (χ0) is 24.9. The van der Waals surface area contributed by atoms with E-state index in [1.807, 2.05) is 0 Å². The molecule has 2 aromatic rings. The quantitative estimate of drug-likeness (QED) is 0.456. The number of carbonyl (C=O) groups excluding carboxylic acids is 1. The van der Waals surface area contributed by atoms with E-state index in [1.165, 1.54) is 21.8 Å². The van der Waals surface area contributed by atoms with E-state index in [-0.39, 0.29) is 29.9 Å². The van der Waals surface area contributed by atoms with Crippen molar-refractivity contribution in [3.8, 4) is 0 Å². The summed E-state index contributed by atoms with van der Waals surface area (Å²) in [6, 6.07) is -0.196. The highest BCUT2D eigenvalue weighted by molar-refractivity contribution is 7.87. The second kappa shape index (κ2) is 9.00. The van der Waals surface area contributed by atoms with Gasteiger partial charge in [0.2, 0.25) is 0 Å². The van der Waals surface area contributed by atoms with Gasteiger partial charge in [-0.05, 0) is 12.5 Å². The van der Waals surface area contributed by atoms with Gasteiger partial charge in [-0.2, -0.15) is 17.4 Å². The van der Waals surface area contributed by atoms with Crippen LogP contribution in [-0.2, 0) is 19.7 Å². The number of fused-ring (bicyclic) bond motifs is 1. The molecule has 4 heterocycles. The van der Waals surface area contributed by atoms with Crippen molar-refractivity contribution < 1.29 is 31.1 Å². The first-order valence-corrected chi connectivity index (χ1v) is 13.0. The third-order valence-corrected chi connectivity index (χ3v) is 8.56. The van der Waals surface area contributed by atoms with Crippen LogP contribution in [0.2, 0.25) is 0 Å². The number of aromatic nitrogens is 1. The Morgan fingerprint density at radius 1 is 1.23 bits per heavy atom. The maximum atomic E-state index is 14.9. The molecule has 5 rings (SSSR count). The van der Waals surface area contributed by atoms with E-state index < -0.39 is 45.7 Å². The Morgan fingerprint density at radius 3 is 2.63 bits per heavy atom. The molecule has 2 atom stereocenters. The molecule has 3 aliphatic rings. The summed E-state index contributed by atoms with van der Waals surface area (Å²) in [7, 11) is -2.60. The fourth-order valence-corrected chi connectivity index (χ4v) is 6.44. The highest BCUT2D eigenvalue weighted by Crippen LogP contribution is 2.42. The third-order valence-electron chi connectivity index (χ3n) is 6.12. The molecule has 0 radical (unpaired) electrons. The van der Waals surface area contributed by atoms with Crippen molar-refractivity contribution >= 4 is 33.4 Å². The number of nitrogens with one attached hydrogen (secondary N) is 1. The molecule has 1 aromatic heterocycles. The van der Waals surface area contributed by atoms with E-state index in [0.717, 1.165) is 25.7 Å². The van der Waals surface area contributed by atoms with Crippen molar-refractivity contribution in [1.29, 1.82) is 0 Å². The van der Waals surface area contributed by atoms with Crippen LogP contribution in [0.25, 0.3) is 0 Å². The number of nitrogens with zero attached hydrogens (tertiary/aromatic N) is 4. The summed E-state index contributed by atoms with van der Waals surface area (Å²) in [4.78, 5) is 23.3. The van der Waals surface area contributed by atoms with Gasteiger partial charge in [0.1, 0.15) is 6.04 Å². The van der Waals surface area contributed by atoms with Crippen LogP contribution in [-0.4, -0.2) is 67.2 Å². The number of methoxy groups -OCH3 is 1. The fraction of sp³-hybridized carbons (Fsp3) is 0.381. The van der Waals surface area contributed by atoms with E-state index >= 15 is 0 Å². The summed E-state index contributed by atoms with van der Waals surface area (Å²) in [5.41, 5.74) is -0.0824.